The number of nitrogens with one attached hydrogen (secondary N) is 2. The third-order valence-corrected chi connectivity index (χ3v) is 4.08. The Balaban J connectivity index is 1.75. The fourth-order valence-corrected chi connectivity index (χ4v) is 3.39. The normalized spacial score (nSPS) is 36.0. The number of nitrogens with zero attached hydrogens (tertiary/aromatic N) is 3. The number of H-pyrrole nitrogens is 1. The highest BCUT2D eigenvalue weighted by Gasteiger charge is 2.48. The van der Waals surface area contributed by atoms with Crippen LogP contribution in [0.15, 0.2) is 0 Å². The molecule has 1 aliphatic carbocycles. The third-order valence-electron chi connectivity index (χ3n) is 4.08. The summed E-state index contributed by atoms with van der Waals surface area (Å²) in [5, 5.41) is 26.2. The van der Waals surface area contributed by atoms with E-state index in [1.807, 2.05) is 0 Å². The highest BCUT2D eigenvalue weighted by atomic mass is 16.4. The Hall–Kier alpha value is -1.50. The van der Waals surface area contributed by atoms with Gasteiger partial charge in [0.2, 0.25) is 0 Å². The minimum Gasteiger partial charge on any atom is -0.480 e. The van der Waals surface area contributed by atoms with Gasteiger partial charge in [-0.25, -0.2) is 0 Å². The van der Waals surface area contributed by atoms with E-state index in [0.717, 1.165) is 25.8 Å². The van der Waals surface area contributed by atoms with Crippen LogP contribution in [0.3, 0.4) is 0 Å². The summed E-state index contributed by atoms with van der Waals surface area (Å²) in [4.78, 5) is 11.2. The molecule has 2 fully saturated rings. The molecule has 0 radical (unpaired) electrons. The molecule has 0 unspecified atom stereocenters. The molecule has 0 spiro atoms. The minimum absolute atomic E-state index is 0.214. The number of aromatic nitrogens is 4. The summed E-state index contributed by atoms with van der Waals surface area (Å²) >= 11 is 0. The highest BCUT2D eigenvalue weighted by molar-refractivity contribution is 5.74. The minimum atomic E-state index is -0.738. The predicted molar refractivity (Wildman–Crippen MR) is 57.0 cm³/mol. The standard InChI is InChI=1S/C10H15N5O2/c16-10(17)9-8-5(1-2-6(8)4-11-9)3-7-12-14-15-13-7/h5-6,8-9,11H,1-4H2,(H,16,17)(H,12,13,14,15)/t5-,6+,8+,9+/m1/s1. The number of hydrogen-bond donors (Lipinski definition) is 3. The number of rotatable bonds is 3. The van der Waals surface area contributed by atoms with Gasteiger partial charge >= 0.3 is 5.97 Å². The number of carboxylic acid groups (broad SMARTS) is 1. The van der Waals surface area contributed by atoms with Gasteiger partial charge in [0.15, 0.2) is 5.82 Å². The van der Waals surface area contributed by atoms with Gasteiger partial charge in [0.05, 0.1) is 0 Å². The van der Waals surface area contributed by atoms with Gasteiger partial charge in [0, 0.05) is 6.42 Å². The molecule has 0 bridgehead atoms. The number of tetrazole rings is 1. The molecule has 1 aromatic rings. The number of carboxylic acids is 1. The van der Waals surface area contributed by atoms with Crippen molar-refractivity contribution in [3.8, 4) is 0 Å². The smallest absolute Gasteiger partial charge is 0.321 e. The van der Waals surface area contributed by atoms with Crippen molar-refractivity contribution in [1.82, 2.24) is 25.9 Å². The van der Waals surface area contributed by atoms with Crippen LogP contribution >= 0.6 is 0 Å². The Kier molecular flexibility index (Phi) is 2.54. The molecule has 3 N–H and O–H groups in total. The monoisotopic (exact) mass is 237 g/mol. The van der Waals surface area contributed by atoms with E-state index >= 15 is 0 Å². The molecule has 92 valence electrons. The second-order valence-electron chi connectivity index (χ2n) is 4.93. The lowest BCUT2D eigenvalue weighted by atomic mass is 9.84. The summed E-state index contributed by atoms with van der Waals surface area (Å²) < 4.78 is 0. The molecule has 7 heteroatoms. The Bertz CT molecular complexity index is 407. The summed E-state index contributed by atoms with van der Waals surface area (Å²) in [6.07, 6.45) is 2.89. The second kappa shape index (κ2) is 4.06. The lowest BCUT2D eigenvalue weighted by Crippen LogP contribution is -2.38. The maximum atomic E-state index is 11.2. The van der Waals surface area contributed by atoms with Crippen LogP contribution < -0.4 is 5.32 Å². The molecule has 2 heterocycles. The molecule has 2 aliphatic rings. The summed E-state index contributed by atoms with van der Waals surface area (Å²) in [6, 6.07) is -0.403. The summed E-state index contributed by atoms with van der Waals surface area (Å²) in [6.45, 7) is 0.824. The highest BCUT2D eigenvalue weighted by Crippen LogP contribution is 2.43. The first-order valence-electron chi connectivity index (χ1n) is 5.94. The molecule has 1 aromatic heterocycles. The first-order chi connectivity index (χ1) is 8.25. The van der Waals surface area contributed by atoms with Crippen LogP contribution in [0.1, 0.15) is 18.7 Å². The number of hydrogen-bond acceptors (Lipinski definition) is 5. The molecule has 0 aromatic carbocycles. The summed E-state index contributed by atoms with van der Waals surface area (Å²) in [7, 11) is 0. The Morgan fingerprint density at radius 3 is 3.06 bits per heavy atom. The topological polar surface area (TPSA) is 104 Å². The molecular weight excluding hydrogens is 222 g/mol. The van der Waals surface area contributed by atoms with Crippen LogP contribution in [0.25, 0.3) is 0 Å². The number of fused-ring (bicyclic) bond motifs is 1. The fraction of sp³-hybridized carbons (Fsp3) is 0.800. The lowest BCUT2D eigenvalue weighted by Gasteiger charge is -2.21. The van der Waals surface area contributed by atoms with E-state index in [-0.39, 0.29) is 5.92 Å². The largest absolute Gasteiger partial charge is 0.480 e. The Morgan fingerprint density at radius 2 is 2.35 bits per heavy atom. The quantitative estimate of drug-likeness (QED) is 0.651. The van der Waals surface area contributed by atoms with Crippen molar-refractivity contribution in [2.24, 2.45) is 17.8 Å². The molecule has 4 atom stereocenters. The van der Waals surface area contributed by atoms with Crippen molar-refractivity contribution in [3.63, 3.8) is 0 Å². The average molecular weight is 237 g/mol. The van der Waals surface area contributed by atoms with Crippen LogP contribution in [0.4, 0.5) is 0 Å². The van der Waals surface area contributed by atoms with Crippen LogP contribution in [0.5, 0.6) is 0 Å². The Labute approximate surface area is 98.0 Å². The van der Waals surface area contributed by atoms with Crippen LogP contribution in [-0.2, 0) is 11.2 Å². The maximum Gasteiger partial charge on any atom is 0.321 e. The fourth-order valence-electron chi connectivity index (χ4n) is 3.39. The molecule has 17 heavy (non-hydrogen) atoms. The molecule has 1 saturated carbocycles. The molecule has 1 saturated heterocycles. The Morgan fingerprint density at radius 1 is 1.47 bits per heavy atom. The summed E-state index contributed by atoms with van der Waals surface area (Å²) in [5.41, 5.74) is 0. The molecule has 7 nitrogen and oxygen atoms in total. The number of carbonyl (C=O) groups is 1. The van der Waals surface area contributed by atoms with Crippen molar-refractivity contribution in [2.75, 3.05) is 6.54 Å². The molecule has 1 aliphatic heterocycles. The zero-order chi connectivity index (χ0) is 11.8. The van der Waals surface area contributed by atoms with E-state index in [0.29, 0.717) is 17.7 Å². The third kappa shape index (κ3) is 1.80. The zero-order valence-electron chi connectivity index (χ0n) is 9.33. The van der Waals surface area contributed by atoms with E-state index in [9.17, 15) is 9.90 Å². The van der Waals surface area contributed by atoms with Gasteiger partial charge in [0.25, 0.3) is 0 Å². The number of aliphatic carboxylic acids is 1. The van der Waals surface area contributed by atoms with E-state index < -0.39 is 12.0 Å². The van der Waals surface area contributed by atoms with Gasteiger partial charge in [-0.2, -0.15) is 5.21 Å². The van der Waals surface area contributed by atoms with E-state index in [1.54, 1.807) is 0 Å². The van der Waals surface area contributed by atoms with Gasteiger partial charge in [-0.15, -0.1) is 10.2 Å². The van der Waals surface area contributed by atoms with Gasteiger partial charge in [0.1, 0.15) is 6.04 Å². The van der Waals surface area contributed by atoms with E-state index in [4.69, 9.17) is 0 Å². The van der Waals surface area contributed by atoms with E-state index in [2.05, 4.69) is 25.9 Å². The average Bonchev–Trinajstić information content (AvgIpc) is 2.97. The maximum absolute atomic E-state index is 11.2. The first kappa shape index (κ1) is 10.6. The van der Waals surface area contributed by atoms with E-state index in [1.165, 1.54) is 0 Å². The predicted octanol–water partition coefficient (Wildman–Crippen LogP) is -0.559. The second-order valence-corrected chi connectivity index (χ2v) is 4.93. The van der Waals surface area contributed by atoms with Gasteiger partial charge in [-0.05, 0) is 37.1 Å². The van der Waals surface area contributed by atoms with Gasteiger partial charge in [-0.3, -0.25) is 4.79 Å². The van der Waals surface area contributed by atoms with Gasteiger partial charge < -0.3 is 10.4 Å². The van der Waals surface area contributed by atoms with Crippen molar-refractivity contribution in [1.29, 1.82) is 0 Å². The molecule has 0 amide bonds. The van der Waals surface area contributed by atoms with Crippen LogP contribution in [-0.4, -0.2) is 44.3 Å². The van der Waals surface area contributed by atoms with Gasteiger partial charge in [-0.1, -0.05) is 5.21 Å². The van der Waals surface area contributed by atoms with Crippen molar-refractivity contribution < 1.29 is 9.90 Å². The zero-order valence-corrected chi connectivity index (χ0v) is 9.33. The molecular formula is C10H15N5O2. The lowest BCUT2D eigenvalue weighted by molar-refractivity contribution is -0.140. The van der Waals surface area contributed by atoms with Crippen molar-refractivity contribution in [2.45, 2.75) is 25.3 Å². The van der Waals surface area contributed by atoms with Crippen LogP contribution in [0, 0.1) is 17.8 Å². The van der Waals surface area contributed by atoms with Crippen LogP contribution in [0.2, 0.25) is 0 Å². The SMILES string of the molecule is O=C(O)[C@H]1NC[C@@H]2CC[C@H](Cc3nn[nH]n3)[C@@H]21. The first-order valence-corrected chi connectivity index (χ1v) is 5.94. The number of aromatic amines is 1. The van der Waals surface area contributed by atoms with Crippen molar-refractivity contribution in [3.05, 3.63) is 5.82 Å². The summed E-state index contributed by atoms with van der Waals surface area (Å²) in [5.74, 6) is 1.01. The van der Waals surface area contributed by atoms with Crippen molar-refractivity contribution >= 4 is 5.97 Å². The molecule has 3 rings (SSSR count).